The highest BCUT2D eigenvalue weighted by atomic mass is 32.2. The lowest BCUT2D eigenvalue weighted by Gasteiger charge is -2.40. The molecule has 3 atom stereocenters. The molecule has 1 aromatic carbocycles. The average Bonchev–Trinajstić information content (AvgIpc) is 3.07. The number of ether oxygens (including phenoxy) is 2. The normalized spacial score (nSPS) is 23.9. The van der Waals surface area contributed by atoms with Crippen LogP contribution in [-0.4, -0.2) is 63.1 Å². The molecular weight excluding hydrogens is 538 g/mol. The van der Waals surface area contributed by atoms with Crippen molar-refractivity contribution in [2.24, 2.45) is 5.92 Å². The van der Waals surface area contributed by atoms with Crippen molar-refractivity contribution in [3.8, 4) is 0 Å². The van der Waals surface area contributed by atoms with E-state index in [9.17, 15) is 22.8 Å². The summed E-state index contributed by atoms with van der Waals surface area (Å²) in [6.45, 7) is 16.6. The fourth-order valence-electron chi connectivity index (χ4n) is 4.70. The summed E-state index contributed by atoms with van der Waals surface area (Å²) in [6, 6.07) is 5.92. The zero-order valence-corrected chi connectivity index (χ0v) is 26.1. The van der Waals surface area contributed by atoms with Gasteiger partial charge in [-0.05, 0) is 75.7 Å². The fourth-order valence-corrected chi connectivity index (χ4v) is 7.98. The summed E-state index contributed by atoms with van der Waals surface area (Å²) in [6.07, 6.45) is 1.88. The van der Waals surface area contributed by atoms with E-state index in [-0.39, 0.29) is 15.5 Å². The number of hydrogen-bond acceptors (Lipinski definition) is 8. The predicted octanol–water partition coefficient (Wildman–Crippen LogP) is 5.00. The van der Waals surface area contributed by atoms with Crippen LogP contribution in [0.1, 0.15) is 48.5 Å². The molecule has 1 heterocycles. The van der Waals surface area contributed by atoms with Crippen LogP contribution in [0.4, 0.5) is 4.79 Å². The molecule has 214 valence electrons. The topological polar surface area (TPSA) is 116 Å². The number of methoxy groups -OCH3 is 1. The molecule has 1 aromatic rings. The molecule has 1 saturated heterocycles. The van der Waals surface area contributed by atoms with Crippen LogP contribution in [-0.2, 0) is 33.3 Å². The molecule has 1 fully saturated rings. The number of carbonyl (C=O) groups is 3. The summed E-state index contributed by atoms with van der Waals surface area (Å²) in [4.78, 5) is 41.5. The fraction of sp³-hybridized carbons (Fsp3) is 0.536. The van der Waals surface area contributed by atoms with Gasteiger partial charge in [0.05, 0.1) is 17.8 Å². The Labute approximate surface area is 232 Å². The first-order valence-electron chi connectivity index (χ1n) is 12.8. The van der Waals surface area contributed by atoms with Crippen molar-refractivity contribution < 1.29 is 36.7 Å². The molecule has 39 heavy (non-hydrogen) atoms. The Hall–Kier alpha value is -2.92. The molecule has 0 aromatic heterocycles. The smallest absolute Gasteiger partial charge is 0.417 e. The lowest BCUT2D eigenvalue weighted by molar-refractivity contribution is -0.149. The van der Waals surface area contributed by atoms with Gasteiger partial charge in [0.2, 0.25) is 8.32 Å². The van der Waals surface area contributed by atoms with E-state index < -0.39 is 58.4 Å². The molecule has 0 N–H and O–H groups in total. The highest BCUT2D eigenvalue weighted by molar-refractivity contribution is 7.94. The minimum Gasteiger partial charge on any atom is -0.544 e. The molecule has 1 aliphatic carbocycles. The van der Waals surface area contributed by atoms with Gasteiger partial charge < -0.3 is 13.9 Å². The van der Waals surface area contributed by atoms with Gasteiger partial charge in [-0.2, -0.15) is 0 Å². The number of sulfone groups is 1. The number of nitrogens with zero attached hydrogens (tertiary/aromatic N) is 1. The van der Waals surface area contributed by atoms with Gasteiger partial charge in [0.25, 0.3) is 5.91 Å². The number of imide groups is 1. The van der Waals surface area contributed by atoms with E-state index in [0.29, 0.717) is 10.7 Å². The molecule has 2 aliphatic rings. The number of benzene rings is 1. The van der Waals surface area contributed by atoms with Crippen molar-refractivity contribution in [2.75, 3.05) is 7.11 Å². The second-order valence-corrected chi connectivity index (χ2v) is 19.3. The van der Waals surface area contributed by atoms with Crippen LogP contribution in [0, 0.1) is 5.92 Å². The van der Waals surface area contributed by atoms with E-state index in [1.54, 1.807) is 39.0 Å². The zero-order chi connectivity index (χ0) is 29.8. The van der Waals surface area contributed by atoms with Crippen LogP contribution in [0.15, 0.2) is 58.7 Å². The maximum Gasteiger partial charge on any atom is 0.417 e. The number of allylic oxidation sites excluding steroid dienone is 1. The van der Waals surface area contributed by atoms with Crippen LogP contribution in [0.3, 0.4) is 0 Å². The largest absolute Gasteiger partial charge is 0.544 e. The molecule has 2 amide bonds. The van der Waals surface area contributed by atoms with Gasteiger partial charge >= 0.3 is 12.1 Å². The number of carbonyl (C=O) groups excluding carboxylic acids is 3. The highest BCUT2D eigenvalue weighted by Crippen LogP contribution is 2.52. The number of amides is 2. The van der Waals surface area contributed by atoms with Crippen LogP contribution in [0.25, 0.3) is 0 Å². The van der Waals surface area contributed by atoms with Crippen LogP contribution < -0.4 is 0 Å². The van der Waals surface area contributed by atoms with Crippen LogP contribution >= 0.6 is 0 Å². The molecule has 0 saturated carbocycles. The van der Waals surface area contributed by atoms with Gasteiger partial charge in [-0.25, -0.2) is 22.9 Å². The van der Waals surface area contributed by atoms with Crippen molar-refractivity contribution in [3.63, 3.8) is 0 Å². The lowest BCUT2D eigenvalue weighted by Crippen LogP contribution is -2.53. The minimum absolute atomic E-state index is 0.118. The molecule has 1 aliphatic heterocycles. The van der Waals surface area contributed by atoms with E-state index in [1.165, 1.54) is 31.2 Å². The van der Waals surface area contributed by atoms with Crippen molar-refractivity contribution in [1.82, 2.24) is 4.90 Å². The first kappa shape index (κ1) is 30.6. The standard InChI is InChI=1S/C28H39NO8SSi/c1-18-16-19(37-39(9,10)27(5,6)7)17-21-22(23(30)35-8)29(25(32)36-26(2,3)4)24(31)28(18,21)38(33,34)20-14-12-11-13-15-20/h11-17,21-22H,1-10H3/t21-,22+,28+/m1/s1. The number of hydrogen-bond donors (Lipinski definition) is 0. The van der Waals surface area contributed by atoms with Crippen molar-refractivity contribution in [3.05, 3.63) is 53.8 Å². The summed E-state index contributed by atoms with van der Waals surface area (Å²) < 4.78 is 43.5. The van der Waals surface area contributed by atoms with Gasteiger partial charge in [0.1, 0.15) is 11.6 Å². The first-order valence-corrected chi connectivity index (χ1v) is 17.2. The molecule has 0 unspecified atom stereocenters. The molecule has 0 bridgehead atoms. The van der Waals surface area contributed by atoms with Crippen molar-refractivity contribution >= 4 is 36.1 Å². The molecule has 3 rings (SSSR count). The summed E-state index contributed by atoms with van der Waals surface area (Å²) in [5.74, 6) is -3.00. The zero-order valence-electron chi connectivity index (χ0n) is 24.3. The monoisotopic (exact) mass is 577 g/mol. The Morgan fingerprint density at radius 3 is 2.08 bits per heavy atom. The van der Waals surface area contributed by atoms with E-state index in [0.717, 1.165) is 7.11 Å². The van der Waals surface area contributed by atoms with E-state index >= 15 is 0 Å². The second-order valence-electron chi connectivity index (χ2n) is 12.5. The lowest BCUT2D eigenvalue weighted by atomic mass is 9.80. The van der Waals surface area contributed by atoms with Crippen molar-refractivity contribution in [2.45, 2.75) is 87.9 Å². The third-order valence-corrected chi connectivity index (χ3v) is 14.5. The summed E-state index contributed by atoms with van der Waals surface area (Å²) in [5.41, 5.74) is -0.883. The summed E-state index contributed by atoms with van der Waals surface area (Å²) >= 11 is 0. The summed E-state index contributed by atoms with van der Waals surface area (Å²) in [5, 5.41) is -0.184. The molecule has 11 heteroatoms. The van der Waals surface area contributed by atoms with Crippen LogP contribution in [0.5, 0.6) is 0 Å². The Morgan fingerprint density at radius 1 is 1.03 bits per heavy atom. The Balaban J connectivity index is 2.35. The maximum absolute atomic E-state index is 14.4. The number of likely N-dealkylation sites (tertiary alicyclic amines) is 1. The van der Waals surface area contributed by atoms with Gasteiger partial charge in [0, 0.05) is 5.92 Å². The Bertz CT molecular complexity index is 1340. The average molecular weight is 578 g/mol. The summed E-state index contributed by atoms with van der Waals surface area (Å²) in [7, 11) is -5.80. The third kappa shape index (κ3) is 5.06. The third-order valence-electron chi connectivity index (χ3n) is 7.60. The molecule has 0 spiro atoms. The van der Waals surface area contributed by atoms with Gasteiger partial charge in [-0.3, -0.25) is 4.79 Å². The van der Waals surface area contributed by atoms with E-state index in [2.05, 4.69) is 20.8 Å². The SMILES string of the molecule is COC(=O)[C@@H]1[C@H]2C=C(O[Si](C)(C)C(C)(C)C)C=C(C)[C@@]2(S(=O)(=O)c2ccccc2)C(=O)N1C(=O)OC(C)(C)C. The van der Waals surface area contributed by atoms with E-state index in [4.69, 9.17) is 13.9 Å². The minimum atomic E-state index is -4.50. The van der Waals surface area contributed by atoms with E-state index in [1.807, 2.05) is 13.1 Å². The number of rotatable bonds is 5. The quantitative estimate of drug-likeness (QED) is 0.355. The Kier molecular flexibility index (Phi) is 7.79. The second kappa shape index (κ2) is 9.92. The molecule has 0 radical (unpaired) electrons. The Morgan fingerprint density at radius 2 is 1.59 bits per heavy atom. The number of fused-ring (bicyclic) bond motifs is 1. The van der Waals surface area contributed by atoms with Gasteiger partial charge in [0.15, 0.2) is 14.6 Å². The number of esters is 1. The van der Waals surface area contributed by atoms with Gasteiger partial charge in [-0.15, -0.1) is 0 Å². The first-order chi connectivity index (χ1) is 17.7. The van der Waals surface area contributed by atoms with Gasteiger partial charge in [-0.1, -0.05) is 39.0 Å². The highest BCUT2D eigenvalue weighted by Gasteiger charge is 2.71. The predicted molar refractivity (Wildman–Crippen MR) is 149 cm³/mol. The molecular formula is C28H39NO8SSi. The maximum atomic E-state index is 14.4. The van der Waals surface area contributed by atoms with Crippen molar-refractivity contribution in [1.29, 1.82) is 0 Å². The molecule has 9 nitrogen and oxygen atoms in total. The van der Waals surface area contributed by atoms with Crippen LogP contribution in [0.2, 0.25) is 18.1 Å².